The van der Waals surface area contributed by atoms with E-state index in [2.05, 4.69) is 581 Å². The van der Waals surface area contributed by atoms with E-state index >= 15 is 0 Å². The van der Waals surface area contributed by atoms with E-state index in [-0.39, 0.29) is 65.0 Å². The first-order valence-corrected chi connectivity index (χ1v) is 56.4. The zero-order valence-corrected chi connectivity index (χ0v) is 113. The van der Waals surface area contributed by atoms with Crippen LogP contribution < -0.4 is 0 Å². The number of hydrogen-bond acceptors (Lipinski definition) is 24. The maximum absolute atomic E-state index is 4.39. The number of halogens is 12. The van der Waals surface area contributed by atoms with E-state index < -0.39 is 0 Å². The van der Waals surface area contributed by atoms with Gasteiger partial charge in [0.15, 0.2) is 9.47 Å². The molecule has 0 saturated heterocycles. The molecule has 0 fully saturated rings. The molecule has 0 aromatic carbocycles. The molecule has 36 heteroatoms. The second kappa shape index (κ2) is 58.0. The second-order valence-corrected chi connectivity index (χ2v) is 56.4. The molecule has 792 valence electrons. The van der Waals surface area contributed by atoms with Crippen molar-refractivity contribution in [3.63, 3.8) is 0 Å². The molecule has 0 amide bonds. The van der Waals surface area contributed by atoms with Crippen molar-refractivity contribution in [3.8, 4) is 0 Å². The van der Waals surface area contributed by atoms with Crippen molar-refractivity contribution in [2.75, 3.05) is 0 Å². The van der Waals surface area contributed by atoms with Gasteiger partial charge in [0.2, 0.25) is 0 Å². The lowest BCUT2D eigenvalue weighted by Gasteiger charge is -2.19. The molecule has 0 bridgehead atoms. The van der Waals surface area contributed by atoms with Gasteiger partial charge in [0.25, 0.3) is 0 Å². The van der Waals surface area contributed by atoms with Crippen LogP contribution in [0.15, 0.2) is 129 Å². The summed E-state index contributed by atoms with van der Waals surface area (Å²) in [6.45, 7) is 101. The lowest BCUT2D eigenvalue weighted by Crippen LogP contribution is -2.16. The van der Waals surface area contributed by atoms with Gasteiger partial charge in [-0.1, -0.05) is 249 Å². The Morgan fingerprint density at radius 3 is 1.09 bits per heavy atom. The van der Waals surface area contributed by atoms with Crippen molar-refractivity contribution in [3.05, 3.63) is 265 Å². The SMILES string of the molecule is Cc1c(Br)cnnc1C(C)(C)C.Cc1c(Br)ncnc1C(C)(C)C.Cc1cc(Br)c(C(C)(C)C)nn1.Cc1cc(Br)nc(C(C)(C)C)n1.Cc1cc(Br)nnc1C(C)(C)C.Cc1cc(C(C)(C)C)nc(Br)n1.Cc1cc(C(C)(C)C)nnc1Br.Cc1cnc(Br)nc1C(C)(C)C.Cc1cnnc(C(C)(C)C)c1Br.Cc1nc(Br)cc(C(C)(C)C)n1.Cc1ncc(Br)c(C(C)(C)C)n1.Cc1ncnc(C(C)(C)C)c1Br. The highest BCUT2D eigenvalue weighted by Gasteiger charge is 2.28. The van der Waals surface area contributed by atoms with Gasteiger partial charge < -0.3 is 0 Å². The molecule has 0 spiro atoms. The number of nitrogens with zero attached hydrogens (tertiary/aromatic N) is 24. The molecule has 12 heterocycles. The highest BCUT2D eigenvalue weighted by atomic mass is 79.9. The fourth-order valence-corrected chi connectivity index (χ4v) is 18.4. The van der Waals surface area contributed by atoms with Gasteiger partial charge in [0, 0.05) is 108 Å². The third-order valence-corrected chi connectivity index (χ3v) is 27.1. The molecule has 0 aliphatic carbocycles. The smallest absolute Gasteiger partial charge is 0.197 e. The van der Waals surface area contributed by atoms with Crippen molar-refractivity contribution in [1.82, 2.24) is 121 Å². The number of aryl methyl sites for hydroxylation is 10. The third kappa shape index (κ3) is 50.3. The van der Waals surface area contributed by atoms with Crippen molar-refractivity contribution in [1.29, 1.82) is 0 Å². The maximum Gasteiger partial charge on any atom is 0.197 e. The molecule has 0 unspecified atom stereocenters. The number of aromatic nitrogens is 24. The summed E-state index contributed by atoms with van der Waals surface area (Å²) in [6.07, 6.45) is 10.4. The van der Waals surface area contributed by atoms with E-state index in [0.29, 0.717) is 9.47 Å². The third-order valence-electron chi connectivity index (χ3n) is 19.7. The van der Waals surface area contributed by atoms with Crippen LogP contribution in [-0.2, 0) is 65.0 Å². The first-order chi connectivity index (χ1) is 64.9. The Hall–Kier alpha value is -5.28. The van der Waals surface area contributed by atoms with Crippen LogP contribution in [0.3, 0.4) is 0 Å². The highest BCUT2D eigenvalue weighted by molar-refractivity contribution is 9.12. The summed E-state index contributed by atoms with van der Waals surface area (Å²) in [5.41, 5.74) is 23.4. The minimum atomic E-state index is 0.0224. The summed E-state index contributed by atoms with van der Waals surface area (Å²) in [7, 11) is 0. The van der Waals surface area contributed by atoms with Gasteiger partial charge in [-0.05, 0) is 338 Å². The lowest BCUT2D eigenvalue weighted by molar-refractivity contribution is 0.541. The fourth-order valence-electron chi connectivity index (χ4n) is 12.1. The minimum absolute atomic E-state index is 0.0224. The number of hydrogen-bond donors (Lipinski definition) is 0. The van der Waals surface area contributed by atoms with E-state index in [1.807, 2.05) is 112 Å². The molecule has 0 radical (unpaired) electrons. The Bertz CT molecular complexity index is 5510. The van der Waals surface area contributed by atoms with Gasteiger partial charge in [-0.15, -0.1) is 10.2 Å². The van der Waals surface area contributed by atoms with Crippen LogP contribution in [0.5, 0.6) is 0 Å². The Kier molecular flexibility index (Phi) is 55.0. The average molecular weight is 2750 g/mol. The van der Waals surface area contributed by atoms with Crippen LogP contribution in [0.25, 0.3) is 0 Å². The lowest BCUT2D eigenvalue weighted by atomic mass is 9.89. The fraction of sp³-hybridized carbons (Fsp3) is 0.556. The van der Waals surface area contributed by atoms with E-state index in [4.69, 9.17) is 0 Å². The summed E-state index contributed by atoms with van der Waals surface area (Å²) in [4.78, 5) is 59.2. The molecular weight excluding hydrogens is 2590 g/mol. The maximum atomic E-state index is 4.39. The van der Waals surface area contributed by atoms with Crippen molar-refractivity contribution < 1.29 is 0 Å². The molecule has 24 nitrogen and oxygen atoms in total. The predicted molar refractivity (Wildman–Crippen MR) is 638 cm³/mol. The monoisotopic (exact) mass is 2740 g/mol. The summed E-state index contributed by atoms with van der Waals surface area (Å²) in [6, 6.07) is 11.9. The van der Waals surface area contributed by atoms with Crippen molar-refractivity contribution >= 4 is 191 Å². The topological polar surface area (TPSA) is 309 Å². The Morgan fingerprint density at radius 2 is 0.674 bits per heavy atom. The molecule has 0 N–H and O–H groups in total. The zero-order chi connectivity index (χ0) is 112. The van der Waals surface area contributed by atoms with Crippen LogP contribution in [0.1, 0.15) is 386 Å². The zero-order valence-electron chi connectivity index (χ0n) is 94.2. The van der Waals surface area contributed by atoms with Crippen LogP contribution in [0.2, 0.25) is 0 Å². The summed E-state index contributed by atoms with van der Waals surface area (Å²) >= 11 is 40.6. The van der Waals surface area contributed by atoms with Crippen LogP contribution in [0.4, 0.5) is 0 Å². The summed E-state index contributed by atoms with van der Waals surface area (Å²) in [5.74, 6) is 2.52. The van der Waals surface area contributed by atoms with E-state index in [9.17, 15) is 0 Å². The minimum Gasteiger partial charge on any atom is -0.240 e. The average Bonchev–Trinajstić information content (AvgIpc) is 0.815. The standard InChI is InChI=1S/12C9H13BrN2/c1-6-7(10)8(9(2,3)4)12-5-11-6;1-6-7(9(2,3)4)11-5-12-8(6)10;1-6-11-5-7(10)8(12-6)9(2,3)4;1-6-11-7(9(2,3)4)5-8(10)12-6;1-6-7(10)5-11-12-8(6)9(2,3)4;1-6-5-11-8(10)12-7(6)9(2,3)4;1-6-5-11-12-8(7(6)10)9(2,3)4;1-6-5-7(10)12-8(11-6)9(2,3)4;1-6-5-7(9(2,3)4)12-8(10)11-6;1-6-5-7(10)8(12-11-6)9(2,3)4;1-6-5-7(10)11-12-8(6)9(2,3)4;1-6-5-7(9(2,3)4)11-12-8(6)10/h12*5H,1-4H3. The van der Waals surface area contributed by atoms with Crippen molar-refractivity contribution in [2.24, 2.45) is 0 Å². The van der Waals surface area contributed by atoms with Gasteiger partial charge >= 0.3 is 0 Å². The molecular formula is C108H156Br12N24. The first kappa shape index (κ1) is 137. The largest absolute Gasteiger partial charge is 0.240 e. The molecule has 0 saturated carbocycles. The predicted octanol–water partition coefficient (Wildman–Crippen LogP) is 34.1. The molecule has 12 rings (SSSR count). The van der Waals surface area contributed by atoms with Crippen LogP contribution in [0, 0.1) is 83.1 Å². The molecule has 12 aromatic rings. The second-order valence-electron chi connectivity index (χ2n) is 46.9. The van der Waals surface area contributed by atoms with Gasteiger partial charge in [0.05, 0.1) is 95.4 Å². The van der Waals surface area contributed by atoms with E-state index in [1.165, 1.54) is 11.1 Å². The van der Waals surface area contributed by atoms with Gasteiger partial charge in [-0.25, -0.2) is 69.8 Å². The quantitative estimate of drug-likeness (QED) is 0.101. The molecule has 12 aromatic heterocycles. The normalized spacial score (nSPS) is 11.8. The molecule has 0 atom stereocenters. The first-order valence-electron chi connectivity index (χ1n) is 46.9. The Labute approximate surface area is 964 Å². The Balaban J connectivity index is 0.000000785. The van der Waals surface area contributed by atoms with Gasteiger partial charge in [-0.2, -0.15) is 40.8 Å². The van der Waals surface area contributed by atoms with E-state index in [0.717, 1.165) is 171 Å². The highest BCUT2D eigenvalue weighted by Crippen LogP contribution is 2.36. The van der Waals surface area contributed by atoms with Gasteiger partial charge in [-0.3, -0.25) is 0 Å². The molecule has 0 aliphatic rings. The van der Waals surface area contributed by atoms with Crippen molar-refractivity contribution in [2.45, 2.75) is 397 Å². The molecule has 0 aliphatic heterocycles. The number of rotatable bonds is 0. The summed E-state index contributed by atoms with van der Waals surface area (Å²) in [5, 5.41) is 40.5. The van der Waals surface area contributed by atoms with Crippen LogP contribution >= 0.6 is 191 Å². The summed E-state index contributed by atoms with van der Waals surface area (Å²) < 4.78 is 10.7. The van der Waals surface area contributed by atoms with Crippen LogP contribution in [-0.4, -0.2) is 121 Å². The van der Waals surface area contributed by atoms with Gasteiger partial charge in [0.1, 0.15) is 53.1 Å². The Morgan fingerprint density at radius 1 is 0.208 bits per heavy atom. The van der Waals surface area contributed by atoms with E-state index in [1.54, 1.807) is 25.0 Å². The molecule has 144 heavy (non-hydrogen) atoms.